The monoisotopic (exact) mass is 225 g/mol. The zero-order valence-electron chi connectivity index (χ0n) is 9.38. The summed E-state index contributed by atoms with van der Waals surface area (Å²) in [4.78, 5) is 2.05. The van der Waals surface area contributed by atoms with Gasteiger partial charge in [0.1, 0.15) is 0 Å². The molecule has 0 aliphatic carbocycles. The fraction of sp³-hybridized carbons (Fsp3) is 0.500. The van der Waals surface area contributed by atoms with Crippen LogP contribution < -0.4 is 4.90 Å². The van der Waals surface area contributed by atoms with Crippen LogP contribution >= 0.6 is 0 Å². The van der Waals surface area contributed by atoms with Crippen LogP contribution in [0.4, 0.5) is 5.69 Å². The normalized spacial score (nSPS) is 10.4. The molecule has 0 unspecified atom stereocenters. The number of hydrogen-bond donors (Lipinski definition) is 2. The molecule has 4 nitrogen and oxygen atoms in total. The lowest BCUT2D eigenvalue weighted by molar-refractivity contribution is 0.0962. The fourth-order valence-electron chi connectivity index (χ4n) is 1.47. The van der Waals surface area contributed by atoms with Gasteiger partial charge >= 0.3 is 0 Å². The van der Waals surface area contributed by atoms with Crippen molar-refractivity contribution >= 4 is 5.69 Å². The van der Waals surface area contributed by atoms with E-state index in [0.717, 1.165) is 5.69 Å². The number of para-hydroxylation sites is 1. The summed E-state index contributed by atoms with van der Waals surface area (Å²) in [5.74, 6) is 0. The largest absolute Gasteiger partial charge is 0.395 e. The molecule has 1 aromatic rings. The highest BCUT2D eigenvalue weighted by atomic mass is 16.5. The Bertz CT molecular complexity index is 266. The highest BCUT2D eigenvalue weighted by Gasteiger charge is 2.04. The zero-order chi connectivity index (χ0) is 11.6. The number of hydrogen-bond acceptors (Lipinski definition) is 4. The summed E-state index contributed by atoms with van der Waals surface area (Å²) in [5, 5.41) is 17.6. The van der Waals surface area contributed by atoms with Crippen molar-refractivity contribution in [2.24, 2.45) is 0 Å². The zero-order valence-corrected chi connectivity index (χ0v) is 9.38. The summed E-state index contributed by atoms with van der Waals surface area (Å²) in [6, 6.07) is 9.90. The Hall–Kier alpha value is -1.10. The van der Waals surface area contributed by atoms with Crippen LogP contribution in [0.2, 0.25) is 0 Å². The molecule has 0 aromatic heterocycles. The quantitative estimate of drug-likeness (QED) is 0.632. The Balaban J connectivity index is 2.41. The van der Waals surface area contributed by atoms with Gasteiger partial charge in [0.05, 0.1) is 26.4 Å². The van der Waals surface area contributed by atoms with Crippen LogP contribution in [0.15, 0.2) is 30.3 Å². The van der Waals surface area contributed by atoms with E-state index in [4.69, 9.17) is 14.9 Å². The number of aliphatic hydroxyl groups is 2. The molecule has 1 aromatic carbocycles. The van der Waals surface area contributed by atoms with Gasteiger partial charge in [0.2, 0.25) is 0 Å². The van der Waals surface area contributed by atoms with E-state index in [1.807, 2.05) is 30.3 Å². The van der Waals surface area contributed by atoms with Gasteiger partial charge in [0, 0.05) is 18.8 Å². The predicted molar refractivity (Wildman–Crippen MR) is 63.6 cm³/mol. The Morgan fingerprint density at radius 2 is 1.69 bits per heavy atom. The Labute approximate surface area is 96.1 Å². The summed E-state index contributed by atoms with van der Waals surface area (Å²) in [6.07, 6.45) is 0. The molecule has 0 amide bonds. The molecule has 0 atom stereocenters. The van der Waals surface area contributed by atoms with E-state index in [1.54, 1.807) is 0 Å². The molecular weight excluding hydrogens is 206 g/mol. The molecule has 0 heterocycles. The van der Waals surface area contributed by atoms with Crippen LogP contribution in [0, 0.1) is 0 Å². The highest BCUT2D eigenvalue weighted by molar-refractivity contribution is 5.45. The molecule has 0 saturated heterocycles. The SMILES string of the molecule is OCCOCCN(CCO)c1ccccc1. The van der Waals surface area contributed by atoms with Gasteiger partial charge in [-0.2, -0.15) is 0 Å². The van der Waals surface area contributed by atoms with Gasteiger partial charge in [-0.1, -0.05) is 18.2 Å². The van der Waals surface area contributed by atoms with Crippen LogP contribution in [-0.4, -0.2) is 49.7 Å². The van der Waals surface area contributed by atoms with Crippen LogP contribution in [0.25, 0.3) is 0 Å². The number of aliphatic hydroxyl groups excluding tert-OH is 2. The molecule has 0 bridgehead atoms. The highest BCUT2D eigenvalue weighted by Crippen LogP contribution is 2.11. The van der Waals surface area contributed by atoms with Crippen LogP contribution in [0.1, 0.15) is 0 Å². The molecule has 0 aliphatic heterocycles. The first-order valence-corrected chi connectivity index (χ1v) is 5.48. The van der Waals surface area contributed by atoms with Crippen molar-refractivity contribution in [1.82, 2.24) is 0 Å². The average molecular weight is 225 g/mol. The minimum Gasteiger partial charge on any atom is -0.395 e. The van der Waals surface area contributed by atoms with Gasteiger partial charge in [-0.3, -0.25) is 0 Å². The lowest BCUT2D eigenvalue weighted by Crippen LogP contribution is -2.30. The summed E-state index contributed by atoms with van der Waals surface area (Å²) in [5.41, 5.74) is 1.07. The van der Waals surface area contributed by atoms with Crippen molar-refractivity contribution in [2.75, 3.05) is 44.4 Å². The number of anilines is 1. The topological polar surface area (TPSA) is 52.9 Å². The Morgan fingerprint density at radius 1 is 0.938 bits per heavy atom. The Morgan fingerprint density at radius 3 is 2.31 bits per heavy atom. The van der Waals surface area contributed by atoms with E-state index in [-0.39, 0.29) is 13.2 Å². The molecular formula is C12H19NO3. The molecule has 0 fully saturated rings. The van der Waals surface area contributed by atoms with Crippen molar-refractivity contribution in [3.8, 4) is 0 Å². The second-order valence-electron chi connectivity index (χ2n) is 3.38. The van der Waals surface area contributed by atoms with Gasteiger partial charge in [-0.25, -0.2) is 0 Å². The smallest absolute Gasteiger partial charge is 0.0698 e. The summed E-state index contributed by atoms with van der Waals surface area (Å²) in [6.45, 7) is 2.38. The number of nitrogens with zero attached hydrogens (tertiary/aromatic N) is 1. The van der Waals surface area contributed by atoms with Crippen LogP contribution in [0.3, 0.4) is 0 Å². The molecule has 0 saturated carbocycles. The molecule has 0 spiro atoms. The van der Waals surface area contributed by atoms with E-state index in [9.17, 15) is 0 Å². The maximum atomic E-state index is 8.98. The lowest BCUT2D eigenvalue weighted by atomic mass is 10.3. The molecule has 1 rings (SSSR count). The van der Waals surface area contributed by atoms with Crippen molar-refractivity contribution in [3.63, 3.8) is 0 Å². The van der Waals surface area contributed by atoms with Gasteiger partial charge in [0.25, 0.3) is 0 Å². The van der Waals surface area contributed by atoms with E-state index in [0.29, 0.717) is 26.3 Å². The first kappa shape index (κ1) is 13.0. The van der Waals surface area contributed by atoms with E-state index in [2.05, 4.69) is 4.90 Å². The van der Waals surface area contributed by atoms with Gasteiger partial charge < -0.3 is 19.8 Å². The van der Waals surface area contributed by atoms with E-state index in [1.165, 1.54) is 0 Å². The summed E-state index contributed by atoms with van der Waals surface area (Å²) >= 11 is 0. The van der Waals surface area contributed by atoms with Crippen molar-refractivity contribution in [1.29, 1.82) is 0 Å². The molecule has 2 N–H and O–H groups in total. The molecule has 16 heavy (non-hydrogen) atoms. The number of ether oxygens (including phenoxy) is 1. The standard InChI is InChI=1S/C12H19NO3/c14-8-6-13(7-10-16-11-9-15)12-4-2-1-3-5-12/h1-5,14-15H,6-11H2. The van der Waals surface area contributed by atoms with Crippen molar-refractivity contribution < 1.29 is 14.9 Å². The maximum absolute atomic E-state index is 8.98. The van der Waals surface area contributed by atoms with Gasteiger partial charge in [0.15, 0.2) is 0 Å². The molecule has 90 valence electrons. The third-order valence-electron chi connectivity index (χ3n) is 2.23. The van der Waals surface area contributed by atoms with Crippen molar-refractivity contribution in [3.05, 3.63) is 30.3 Å². The third kappa shape index (κ3) is 4.61. The van der Waals surface area contributed by atoms with Crippen LogP contribution in [0.5, 0.6) is 0 Å². The predicted octanol–water partition coefficient (Wildman–Crippen LogP) is 0.494. The van der Waals surface area contributed by atoms with Gasteiger partial charge in [-0.15, -0.1) is 0 Å². The molecule has 4 heteroatoms. The lowest BCUT2D eigenvalue weighted by Gasteiger charge is -2.23. The first-order valence-electron chi connectivity index (χ1n) is 5.48. The Kier molecular flexibility index (Phi) is 6.56. The van der Waals surface area contributed by atoms with Crippen LogP contribution in [-0.2, 0) is 4.74 Å². The second kappa shape index (κ2) is 8.10. The van der Waals surface area contributed by atoms with Gasteiger partial charge in [-0.05, 0) is 12.1 Å². The number of benzene rings is 1. The summed E-state index contributed by atoms with van der Waals surface area (Å²) in [7, 11) is 0. The minimum atomic E-state index is 0.0470. The average Bonchev–Trinajstić information content (AvgIpc) is 2.34. The fourth-order valence-corrected chi connectivity index (χ4v) is 1.47. The second-order valence-corrected chi connectivity index (χ2v) is 3.38. The van der Waals surface area contributed by atoms with E-state index >= 15 is 0 Å². The van der Waals surface area contributed by atoms with E-state index < -0.39 is 0 Å². The maximum Gasteiger partial charge on any atom is 0.0698 e. The number of rotatable bonds is 8. The summed E-state index contributed by atoms with van der Waals surface area (Å²) < 4.78 is 5.21. The van der Waals surface area contributed by atoms with Crippen molar-refractivity contribution in [2.45, 2.75) is 0 Å². The minimum absolute atomic E-state index is 0.0470. The molecule has 0 aliphatic rings. The first-order chi connectivity index (χ1) is 7.88. The third-order valence-corrected chi connectivity index (χ3v) is 2.23. The molecule has 0 radical (unpaired) electrons.